The minimum Gasteiger partial charge on any atom is -0.494 e. The third-order valence-corrected chi connectivity index (χ3v) is 6.31. The summed E-state index contributed by atoms with van der Waals surface area (Å²) in [6, 6.07) is 8.62. The van der Waals surface area contributed by atoms with E-state index in [4.69, 9.17) is 4.74 Å². The van der Waals surface area contributed by atoms with Crippen molar-refractivity contribution in [2.45, 2.75) is 25.0 Å². The molecule has 2 aliphatic heterocycles. The standard InChI is InChI=1S/C21H25FN4O2S/c1-24-10-7-15(8-11-24)26(21(27)19-4-3-13-29-19)20-9-12-25(23-20)16-5-6-17(22)18(14-16)28-2/h3-6,9,12-15,20,23H,7-8,10-11H2,1-2H3. The fourth-order valence-electron chi connectivity index (χ4n) is 3.83. The first-order valence-corrected chi connectivity index (χ1v) is 10.6. The van der Waals surface area contributed by atoms with Crippen molar-refractivity contribution in [3.8, 4) is 5.75 Å². The molecule has 3 heterocycles. The van der Waals surface area contributed by atoms with E-state index in [1.807, 2.05) is 34.7 Å². The van der Waals surface area contributed by atoms with E-state index in [0.717, 1.165) is 36.5 Å². The molecule has 0 saturated carbocycles. The molecule has 2 aliphatic rings. The van der Waals surface area contributed by atoms with Crippen LogP contribution in [0.15, 0.2) is 48.0 Å². The molecule has 4 rings (SSSR count). The molecule has 1 amide bonds. The Bertz CT molecular complexity index is 881. The van der Waals surface area contributed by atoms with E-state index in [9.17, 15) is 9.18 Å². The molecule has 1 atom stereocenters. The Kier molecular flexibility index (Phi) is 5.84. The van der Waals surface area contributed by atoms with E-state index in [0.29, 0.717) is 0 Å². The van der Waals surface area contributed by atoms with Crippen LogP contribution in [0.3, 0.4) is 0 Å². The van der Waals surface area contributed by atoms with E-state index in [1.165, 1.54) is 24.5 Å². The van der Waals surface area contributed by atoms with Crippen molar-refractivity contribution in [2.24, 2.45) is 0 Å². The van der Waals surface area contributed by atoms with Gasteiger partial charge in [0, 0.05) is 18.3 Å². The average Bonchev–Trinajstić information content (AvgIpc) is 3.42. The third kappa shape index (κ3) is 4.14. The van der Waals surface area contributed by atoms with E-state index in [-0.39, 0.29) is 23.9 Å². The highest BCUT2D eigenvalue weighted by Gasteiger charge is 2.35. The van der Waals surface area contributed by atoms with Gasteiger partial charge in [0.1, 0.15) is 6.17 Å². The first-order chi connectivity index (χ1) is 14.1. The van der Waals surface area contributed by atoms with E-state index >= 15 is 0 Å². The Morgan fingerprint density at radius 1 is 1.31 bits per heavy atom. The average molecular weight is 417 g/mol. The number of methoxy groups -OCH3 is 1. The number of carbonyl (C=O) groups is 1. The summed E-state index contributed by atoms with van der Waals surface area (Å²) in [6.45, 7) is 1.93. The molecule has 0 spiro atoms. The number of carbonyl (C=O) groups excluding carboxylic acids is 1. The van der Waals surface area contributed by atoms with Gasteiger partial charge in [-0.05, 0) is 62.6 Å². The van der Waals surface area contributed by atoms with Crippen LogP contribution in [0.5, 0.6) is 5.75 Å². The molecule has 8 heteroatoms. The normalized spacial score (nSPS) is 20.2. The number of ether oxygens (including phenoxy) is 1. The van der Waals surface area contributed by atoms with Crippen molar-refractivity contribution in [3.05, 3.63) is 58.7 Å². The zero-order valence-electron chi connectivity index (χ0n) is 16.5. The summed E-state index contributed by atoms with van der Waals surface area (Å²) >= 11 is 1.46. The topological polar surface area (TPSA) is 48.1 Å². The number of hydrogen-bond donors (Lipinski definition) is 1. The van der Waals surface area contributed by atoms with Gasteiger partial charge in [-0.2, -0.15) is 0 Å². The molecule has 154 valence electrons. The van der Waals surface area contributed by atoms with Crippen LogP contribution >= 0.6 is 11.3 Å². The van der Waals surface area contributed by atoms with Gasteiger partial charge in [0.2, 0.25) is 0 Å². The van der Waals surface area contributed by atoms with Crippen molar-refractivity contribution >= 4 is 22.9 Å². The van der Waals surface area contributed by atoms with E-state index < -0.39 is 5.82 Å². The molecule has 1 unspecified atom stereocenters. The van der Waals surface area contributed by atoms with Crippen LogP contribution < -0.4 is 15.2 Å². The Morgan fingerprint density at radius 2 is 2.10 bits per heavy atom. The number of rotatable bonds is 5. The van der Waals surface area contributed by atoms with Crippen molar-refractivity contribution in [2.75, 3.05) is 32.3 Å². The second kappa shape index (κ2) is 8.52. The van der Waals surface area contributed by atoms with Gasteiger partial charge in [-0.1, -0.05) is 6.07 Å². The number of piperidine rings is 1. The number of hydrazine groups is 1. The summed E-state index contributed by atoms with van der Waals surface area (Å²) in [4.78, 5) is 18.3. The lowest BCUT2D eigenvalue weighted by Crippen LogP contribution is -2.56. The van der Waals surface area contributed by atoms with Crippen LogP contribution in [0.2, 0.25) is 0 Å². The smallest absolute Gasteiger partial charge is 0.265 e. The molecule has 0 bridgehead atoms. The molecule has 1 aromatic heterocycles. The van der Waals surface area contributed by atoms with Crippen molar-refractivity contribution in [3.63, 3.8) is 0 Å². The number of likely N-dealkylation sites (tertiary alicyclic amines) is 1. The quantitative estimate of drug-likeness (QED) is 0.811. The highest BCUT2D eigenvalue weighted by atomic mass is 32.1. The maximum atomic E-state index is 13.8. The molecular formula is C21H25FN4O2S. The second-order valence-corrected chi connectivity index (χ2v) is 8.28. The number of anilines is 1. The van der Waals surface area contributed by atoms with Crippen LogP contribution in [0.4, 0.5) is 10.1 Å². The summed E-state index contributed by atoms with van der Waals surface area (Å²) in [5, 5.41) is 3.73. The van der Waals surface area contributed by atoms with Crippen LogP contribution in [0.1, 0.15) is 22.5 Å². The Hall–Kier alpha value is -2.42. The molecule has 1 saturated heterocycles. The molecule has 1 fully saturated rings. The van der Waals surface area contributed by atoms with Crippen LogP contribution in [-0.2, 0) is 0 Å². The van der Waals surface area contributed by atoms with E-state index in [1.54, 1.807) is 17.1 Å². The molecule has 0 radical (unpaired) electrons. The van der Waals surface area contributed by atoms with Crippen LogP contribution in [0, 0.1) is 5.82 Å². The van der Waals surface area contributed by atoms with Gasteiger partial charge in [0.05, 0.1) is 17.7 Å². The van der Waals surface area contributed by atoms with Crippen LogP contribution in [-0.4, -0.2) is 55.2 Å². The number of hydrogen-bond acceptors (Lipinski definition) is 6. The summed E-state index contributed by atoms with van der Waals surface area (Å²) in [5.41, 5.74) is 4.11. The number of benzene rings is 1. The first-order valence-electron chi connectivity index (χ1n) is 9.69. The predicted octanol–water partition coefficient (Wildman–Crippen LogP) is 3.30. The number of nitrogens with one attached hydrogen (secondary N) is 1. The Balaban J connectivity index is 1.56. The SMILES string of the molecule is COc1cc(N2C=CC(N(C(=O)c3cccs3)C3CCN(C)CC3)N2)ccc1F. The minimum atomic E-state index is -0.406. The van der Waals surface area contributed by atoms with Gasteiger partial charge in [-0.3, -0.25) is 9.80 Å². The van der Waals surface area contributed by atoms with Crippen molar-refractivity contribution in [1.29, 1.82) is 0 Å². The molecule has 1 N–H and O–H groups in total. The molecule has 0 aliphatic carbocycles. The van der Waals surface area contributed by atoms with Gasteiger partial charge in [0.15, 0.2) is 11.6 Å². The second-order valence-electron chi connectivity index (χ2n) is 7.33. The number of halogens is 1. The van der Waals surface area contributed by atoms with Gasteiger partial charge in [-0.25, -0.2) is 9.82 Å². The molecule has 2 aromatic rings. The van der Waals surface area contributed by atoms with Gasteiger partial charge in [-0.15, -0.1) is 11.3 Å². The number of thiophene rings is 1. The fraction of sp³-hybridized carbons (Fsp3) is 0.381. The third-order valence-electron chi connectivity index (χ3n) is 5.45. The van der Waals surface area contributed by atoms with Gasteiger partial charge >= 0.3 is 0 Å². The lowest BCUT2D eigenvalue weighted by Gasteiger charge is -2.40. The Labute approximate surface area is 174 Å². The molecular weight excluding hydrogens is 391 g/mol. The maximum Gasteiger partial charge on any atom is 0.265 e. The van der Waals surface area contributed by atoms with Gasteiger partial charge < -0.3 is 14.5 Å². The number of nitrogens with zero attached hydrogens (tertiary/aromatic N) is 3. The largest absolute Gasteiger partial charge is 0.494 e. The number of amides is 1. The monoisotopic (exact) mass is 416 g/mol. The fourth-order valence-corrected chi connectivity index (χ4v) is 4.50. The molecule has 29 heavy (non-hydrogen) atoms. The van der Waals surface area contributed by atoms with Crippen LogP contribution in [0.25, 0.3) is 0 Å². The molecule has 6 nitrogen and oxygen atoms in total. The van der Waals surface area contributed by atoms with Crippen molar-refractivity contribution < 1.29 is 13.9 Å². The lowest BCUT2D eigenvalue weighted by molar-refractivity contribution is 0.0492. The summed E-state index contributed by atoms with van der Waals surface area (Å²) in [7, 11) is 3.55. The van der Waals surface area contributed by atoms with E-state index in [2.05, 4.69) is 17.4 Å². The summed E-state index contributed by atoms with van der Waals surface area (Å²) < 4.78 is 18.9. The zero-order valence-corrected chi connectivity index (χ0v) is 17.4. The summed E-state index contributed by atoms with van der Waals surface area (Å²) in [6.07, 6.45) is 5.45. The maximum absolute atomic E-state index is 13.8. The lowest BCUT2D eigenvalue weighted by atomic mass is 10.0. The predicted molar refractivity (Wildman–Crippen MR) is 113 cm³/mol. The highest BCUT2D eigenvalue weighted by molar-refractivity contribution is 7.12. The van der Waals surface area contributed by atoms with Gasteiger partial charge in [0.25, 0.3) is 5.91 Å². The Morgan fingerprint density at radius 3 is 2.79 bits per heavy atom. The first kappa shape index (κ1) is 19.9. The highest BCUT2D eigenvalue weighted by Crippen LogP contribution is 2.28. The molecule has 1 aromatic carbocycles. The van der Waals surface area contributed by atoms with Crippen molar-refractivity contribution in [1.82, 2.24) is 15.2 Å². The summed E-state index contributed by atoms with van der Waals surface area (Å²) in [5.74, 6) is -0.185. The zero-order chi connectivity index (χ0) is 20.4. The minimum absolute atomic E-state index is 0.0373.